The normalized spacial score (nSPS) is 13.0. The van der Waals surface area contributed by atoms with Crippen molar-refractivity contribution in [1.82, 2.24) is 0 Å². The van der Waals surface area contributed by atoms with Crippen LogP contribution in [0.1, 0.15) is 169 Å². The maximum atomic E-state index is 10.4. The maximum Gasteiger partial charge on any atom is 0.187 e. The minimum absolute atomic E-state index is 0.213. The Balaban J connectivity index is 3.39. The van der Waals surface area contributed by atoms with Crippen LogP contribution >= 0.6 is 0 Å². The average Bonchev–Trinajstić information content (AvgIpc) is 2.77. The first kappa shape index (κ1) is 31.9. The quantitative estimate of drug-likeness (QED) is 0.0783. The summed E-state index contributed by atoms with van der Waals surface area (Å²) in [6.45, 7) is 12.2. The smallest absolute Gasteiger partial charge is 0.187 e. The number of hydrogen-bond acceptors (Lipinski definition) is 1. The van der Waals surface area contributed by atoms with Crippen LogP contribution in [0.2, 0.25) is 0 Å². The summed E-state index contributed by atoms with van der Waals surface area (Å²) in [6.07, 6.45) is 30.8. The minimum atomic E-state index is -0.213. The Morgan fingerprint density at radius 3 is 0.938 bits per heavy atom. The van der Waals surface area contributed by atoms with Crippen LogP contribution in [0.4, 0.5) is 0 Å². The molecule has 0 aliphatic rings. The predicted molar refractivity (Wildman–Crippen MR) is 145 cm³/mol. The van der Waals surface area contributed by atoms with Gasteiger partial charge in [0.15, 0.2) is 6.23 Å². The van der Waals surface area contributed by atoms with Gasteiger partial charge in [-0.1, -0.05) is 136 Å². The van der Waals surface area contributed by atoms with Crippen molar-refractivity contribution in [2.45, 2.75) is 175 Å². The summed E-state index contributed by atoms with van der Waals surface area (Å²) >= 11 is 0. The van der Waals surface area contributed by atoms with Crippen LogP contribution in [0, 0.1) is 0 Å². The summed E-state index contributed by atoms with van der Waals surface area (Å²) in [5, 5.41) is 10.4. The zero-order chi connectivity index (χ0) is 23.8. The van der Waals surface area contributed by atoms with Crippen molar-refractivity contribution >= 4 is 0 Å². The molecule has 0 aliphatic heterocycles. The molecule has 1 unspecified atom stereocenters. The lowest BCUT2D eigenvalue weighted by Gasteiger charge is -2.41. The number of aliphatic hydroxyl groups is 1. The van der Waals surface area contributed by atoms with Crippen molar-refractivity contribution in [3.63, 3.8) is 0 Å². The Morgan fingerprint density at radius 1 is 0.406 bits per heavy atom. The molecule has 0 rings (SSSR count). The monoisotopic (exact) mass is 454 g/mol. The van der Waals surface area contributed by atoms with Crippen molar-refractivity contribution in [2.75, 3.05) is 19.6 Å². The fraction of sp³-hybridized carbons (Fsp3) is 1.00. The van der Waals surface area contributed by atoms with Gasteiger partial charge in [0.1, 0.15) is 0 Å². The molecule has 0 radical (unpaired) electrons. The zero-order valence-electron chi connectivity index (χ0n) is 23.1. The summed E-state index contributed by atoms with van der Waals surface area (Å²) in [7, 11) is 0. The number of quaternary nitrogens is 1. The van der Waals surface area contributed by atoms with Crippen molar-refractivity contribution in [1.29, 1.82) is 0 Å². The van der Waals surface area contributed by atoms with Gasteiger partial charge in [0.25, 0.3) is 0 Å². The van der Waals surface area contributed by atoms with Crippen LogP contribution in [0.3, 0.4) is 0 Å². The van der Waals surface area contributed by atoms with Gasteiger partial charge in [-0.25, -0.2) is 0 Å². The fourth-order valence-corrected chi connectivity index (χ4v) is 5.47. The van der Waals surface area contributed by atoms with Gasteiger partial charge >= 0.3 is 0 Å². The van der Waals surface area contributed by atoms with E-state index in [0.717, 1.165) is 24.1 Å². The van der Waals surface area contributed by atoms with E-state index in [1.54, 1.807) is 0 Å². The van der Waals surface area contributed by atoms with Gasteiger partial charge in [-0.15, -0.1) is 0 Å². The Kier molecular flexibility index (Phi) is 24.0. The van der Waals surface area contributed by atoms with E-state index in [9.17, 15) is 5.11 Å². The number of aliphatic hydroxyl groups excluding tert-OH is 1. The lowest BCUT2D eigenvalue weighted by atomic mass is 10.0. The van der Waals surface area contributed by atoms with Gasteiger partial charge in [-0.05, 0) is 25.7 Å². The largest absolute Gasteiger partial charge is 0.345 e. The van der Waals surface area contributed by atoms with E-state index in [1.165, 1.54) is 141 Å². The van der Waals surface area contributed by atoms with Crippen molar-refractivity contribution in [2.24, 2.45) is 0 Å². The molecule has 0 aromatic heterocycles. The molecule has 32 heavy (non-hydrogen) atoms. The van der Waals surface area contributed by atoms with Gasteiger partial charge in [0.2, 0.25) is 0 Å². The lowest BCUT2D eigenvalue weighted by molar-refractivity contribution is -0.969. The molecule has 0 aromatic rings. The van der Waals surface area contributed by atoms with Gasteiger partial charge in [-0.3, -0.25) is 4.48 Å². The molecule has 0 saturated carbocycles. The molecule has 0 heterocycles. The second-order valence-electron chi connectivity index (χ2n) is 10.7. The van der Waals surface area contributed by atoms with Crippen molar-refractivity contribution in [3.05, 3.63) is 0 Å². The van der Waals surface area contributed by atoms with Gasteiger partial charge in [0, 0.05) is 6.92 Å². The third-order valence-corrected chi connectivity index (χ3v) is 7.59. The zero-order valence-corrected chi connectivity index (χ0v) is 23.1. The van der Waals surface area contributed by atoms with Crippen LogP contribution in [0.15, 0.2) is 0 Å². The molecule has 0 fully saturated rings. The molecule has 0 bridgehead atoms. The summed E-state index contributed by atoms with van der Waals surface area (Å²) < 4.78 is 0.923. The summed E-state index contributed by atoms with van der Waals surface area (Å²) in [4.78, 5) is 0. The fourth-order valence-electron chi connectivity index (χ4n) is 5.47. The van der Waals surface area contributed by atoms with Gasteiger partial charge < -0.3 is 5.11 Å². The first-order chi connectivity index (χ1) is 15.6. The molecule has 2 heteroatoms. The molecule has 0 amide bonds. The lowest BCUT2D eigenvalue weighted by Crippen LogP contribution is -2.55. The summed E-state index contributed by atoms with van der Waals surface area (Å²) in [5.41, 5.74) is 0. The summed E-state index contributed by atoms with van der Waals surface area (Å²) in [6, 6.07) is 0. The number of nitrogens with zero attached hydrogens (tertiary/aromatic N) is 1. The average molecular weight is 455 g/mol. The topological polar surface area (TPSA) is 20.2 Å². The molecule has 0 aromatic carbocycles. The second-order valence-corrected chi connectivity index (χ2v) is 10.7. The van der Waals surface area contributed by atoms with E-state index in [0.29, 0.717) is 0 Å². The third kappa shape index (κ3) is 18.4. The van der Waals surface area contributed by atoms with Crippen molar-refractivity contribution < 1.29 is 9.59 Å². The van der Waals surface area contributed by atoms with Crippen molar-refractivity contribution in [3.8, 4) is 0 Å². The van der Waals surface area contributed by atoms with Crippen LogP contribution in [0.25, 0.3) is 0 Å². The number of rotatable bonds is 26. The van der Waals surface area contributed by atoms with Gasteiger partial charge in [0.05, 0.1) is 19.6 Å². The molecule has 2 nitrogen and oxygen atoms in total. The van der Waals surface area contributed by atoms with E-state index in [1.807, 2.05) is 6.92 Å². The SMILES string of the molecule is CCCCCCCCCCCCCCCCCCCCCC[N+](CCC)(CCC)C(C)O. The molecule has 0 spiro atoms. The van der Waals surface area contributed by atoms with Crippen LogP contribution in [0.5, 0.6) is 0 Å². The predicted octanol–water partition coefficient (Wildman–Crippen LogP) is 9.78. The van der Waals surface area contributed by atoms with Crippen LogP contribution < -0.4 is 0 Å². The summed E-state index contributed by atoms with van der Waals surface area (Å²) in [5.74, 6) is 0. The molecule has 0 saturated heterocycles. The number of hydrogen-bond donors (Lipinski definition) is 1. The van der Waals surface area contributed by atoms with E-state index in [4.69, 9.17) is 0 Å². The highest BCUT2D eigenvalue weighted by Gasteiger charge is 2.30. The van der Waals surface area contributed by atoms with E-state index in [2.05, 4.69) is 20.8 Å². The Bertz CT molecular complexity index is 349. The molecular weight excluding hydrogens is 390 g/mol. The highest BCUT2D eigenvalue weighted by Crippen LogP contribution is 2.19. The molecule has 1 N–H and O–H groups in total. The van der Waals surface area contributed by atoms with E-state index >= 15 is 0 Å². The van der Waals surface area contributed by atoms with Crippen LogP contribution in [-0.2, 0) is 0 Å². The number of unbranched alkanes of at least 4 members (excludes halogenated alkanes) is 19. The highest BCUT2D eigenvalue weighted by molar-refractivity contribution is 4.52. The maximum absolute atomic E-state index is 10.4. The Hall–Kier alpha value is -0.0800. The second kappa shape index (κ2) is 24.1. The first-order valence-electron chi connectivity index (χ1n) is 15.2. The van der Waals surface area contributed by atoms with E-state index < -0.39 is 0 Å². The van der Waals surface area contributed by atoms with Crippen LogP contribution in [-0.4, -0.2) is 35.5 Å². The standard InChI is InChI=1S/C30H64NO/c1-5-8-9-10-11-12-13-14-15-16-17-18-19-20-21-22-23-24-25-26-29-31(27-6-2,28-7-3)30(4)32/h30,32H,5-29H2,1-4H3/q+1. The minimum Gasteiger partial charge on any atom is -0.345 e. The first-order valence-corrected chi connectivity index (χ1v) is 15.2. The van der Waals surface area contributed by atoms with E-state index in [-0.39, 0.29) is 6.23 Å². The van der Waals surface area contributed by atoms with Gasteiger partial charge in [-0.2, -0.15) is 0 Å². The third-order valence-electron chi connectivity index (χ3n) is 7.59. The Labute approximate surface area is 204 Å². The molecular formula is C30H64NO+. The Morgan fingerprint density at radius 2 is 0.688 bits per heavy atom. The highest BCUT2D eigenvalue weighted by atomic mass is 16.3. The molecule has 1 atom stereocenters. The molecule has 194 valence electrons. The molecule has 0 aliphatic carbocycles.